The van der Waals surface area contributed by atoms with Gasteiger partial charge in [0.2, 0.25) is 17.8 Å². The maximum Gasteiger partial charge on any atom is 0.231 e. The van der Waals surface area contributed by atoms with Crippen molar-refractivity contribution in [1.29, 1.82) is 0 Å². The van der Waals surface area contributed by atoms with Gasteiger partial charge in [-0.25, -0.2) is 0 Å². The molecule has 1 aliphatic carbocycles. The minimum atomic E-state index is 0.284. The molecular formula is C15H28N6. The van der Waals surface area contributed by atoms with Crippen molar-refractivity contribution in [3.63, 3.8) is 0 Å². The molecular weight excluding hydrogens is 264 g/mol. The van der Waals surface area contributed by atoms with E-state index in [9.17, 15) is 0 Å². The van der Waals surface area contributed by atoms with Gasteiger partial charge in [0.25, 0.3) is 0 Å². The summed E-state index contributed by atoms with van der Waals surface area (Å²) in [4.78, 5) is 14.9. The summed E-state index contributed by atoms with van der Waals surface area (Å²) in [7, 11) is 0. The number of nitrogen functional groups attached to an aromatic ring is 1. The third kappa shape index (κ3) is 4.72. The van der Waals surface area contributed by atoms with Crippen LogP contribution < -0.4 is 16.0 Å². The van der Waals surface area contributed by atoms with Crippen LogP contribution in [0.4, 0.5) is 17.8 Å². The Morgan fingerprint density at radius 1 is 1.10 bits per heavy atom. The zero-order valence-corrected chi connectivity index (χ0v) is 13.3. The molecule has 21 heavy (non-hydrogen) atoms. The molecule has 3 N–H and O–H groups in total. The summed E-state index contributed by atoms with van der Waals surface area (Å²) in [6.45, 7) is 6.80. The third-order valence-electron chi connectivity index (χ3n) is 4.25. The summed E-state index contributed by atoms with van der Waals surface area (Å²) in [5.41, 5.74) is 5.79. The number of nitrogens with zero attached hydrogens (tertiary/aromatic N) is 4. The molecule has 1 fully saturated rings. The van der Waals surface area contributed by atoms with Gasteiger partial charge in [0.05, 0.1) is 0 Å². The van der Waals surface area contributed by atoms with Crippen LogP contribution in [0.2, 0.25) is 0 Å². The first-order chi connectivity index (χ1) is 10.2. The molecule has 1 saturated carbocycles. The van der Waals surface area contributed by atoms with Gasteiger partial charge in [0, 0.05) is 19.6 Å². The number of aromatic nitrogens is 3. The fraction of sp³-hybridized carbons (Fsp3) is 0.800. The Labute approximate surface area is 127 Å². The van der Waals surface area contributed by atoms with Crippen molar-refractivity contribution >= 4 is 17.8 Å². The van der Waals surface area contributed by atoms with Gasteiger partial charge in [-0.15, -0.1) is 0 Å². The third-order valence-corrected chi connectivity index (χ3v) is 4.25. The molecule has 0 radical (unpaired) electrons. The van der Waals surface area contributed by atoms with E-state index in [4.69, 9.17) is 5.73 Å². The SMILES string of the molecule is CCN(CC)c1nc(N)nc(NCCC2CCCCC2)n1. The summed E-state index contributed by atoms with van der Waals surface area (Å²) in [6.07, 6.45) is 8.09. The Morgan fingerprint density at radius 3 is 2.48 bits per heavy atom. The number of hydrogen-bond acceptors (Lipinski definition) is 6. The zero-order chi connectivity index (χ0) is 15.1. The molecule has 1 aliphatic rings. The highest BCUT2D eigenvalue weighted by atomic mass is 15.3. The Bertz CT molecular complexity index is 426. The normalized spacial score (nSPS) is 15.9. The van der Waals surface area contributed by atoms with Gasteiger partial charge in [0.1, 0.15) is 0 Å². The molecule has 6 heteroatoms. The van der Waals surface area contributed by atoms with Crippen LogP contribution in [0.5, 0.6) is 0 Å². The number of anilines is 3. The Balaban J connectivity index is 1.90. The van der Waals surface area contributed by atoms with Gasteiger partial charge in [-0.3, -0.25) is 0 Å². The Morgan fingerprint density at radius 2 is 1.81 bits per heavy atom. The minimum Gasteiger partial charge on any atom is -0.368 e. The van der Waals surface area contributed by atoms with Crippen molar-refractivity contribution in [3.8, 4) is 0 Å². The van der Waals surface area contributed by atoms with E-state index in [-0.39, 0.29) is 5.95 Å². The van der Waals surface area contributed by atoms with Gasteiger partial charge in [0.15, 0.2) is 0 Å². The van der Waals surface area contributed by atoms with Crippen molar-refractivity contribution in [2.75, 3.05) is 35.6 Å². The van der Waals surface area contributed by atoms with Crippen LogP contribution in [0.15, 0.2) is 0 Å². The number of rotatable bonds is 7. The lowest BCUT2D eigenvalue weighted by Crippen LogP contribution is -2.25. The largest absolute Gasteiger partial charge is 0.368 e. The highest BCUT2D eigenvalue weighted by Crippen LogP contribution is 2.26. The molecule has 0 unspecified atom stereocenters. The first-order valence-corrected chi connectivity index (χ1v) is 8.23. The molecule has 2 rings (SSSR count). The van der Waals surface area contributed by atoms with Gasteiger partial charge < -0.3 is 16.0 Å². The second-order valence-electron chi connectivity index (χ2n) is 5.71. The van der Waals surface area contributed by atoms with Gasteiger partial charge >= 0.3 is 0 Å². The molecule has 0 atom stereocenters. The molecule has 0 aromatic carbocycles. The average Bonchev–Trinajstić information content (AvgIpc) is 2.49. The average molecular weight is 292 g/mol. The molecule has 1 heterocycles. The summed E-state index contributed by atoms with van der Waals surface area (Å²) in [5, 5.41) is 3.31. The van der Waals surface area contributed by atoms with Crippen molar-refractivity contribution in [3.05, 3.63) is 0 Å². The monoisotopic (exact) mass is 292 g/mol. The lowest BCUT2D eigenvalue weighted by molar-refractivity contribution is 0.345. The summed E-state index contributed by atoms with van der Waals surface area (Å²) in [6, 6.07) is 0. The lowest BCUT2D eigenvalue weighted by Gasteiger charge is -2.22. The van der Waals surface area contributed by atoms with E-state index < -0.39 is 0 Å². The second-order valence-corrected chi connectivity index (χ2v) is 5.71. The van der Waals surface area contributed by atoms with E-state index in [2.05, 4.69) is 39.0 Å². The van der Waals surface area contributed by atoms with Crippen molar-refractivity contribution in [1.82, 2.24) is 15.0 Å². The fourth-order valence-corrected chi connectivity index (χ4v) is 2.97. The number of hydrogen-bond donors (Lipinski definition) is 2. The summed E-state index contributed by atoms with van der Waals surface area (Å²) >= 11 is 0. The first-order valence-electron chi connectivity index (χ1n) is 8.23. The van der Waals surface area contributed by atoms with Crippen LogP contribution in [-0.2, 0) is 0 Å². The highest BCUT2D eigenvalue weighted by molar-refractivity contribution is 5.41. The van der Waals surface area contributed by atoms with E-state index >= 15 is 0 Å². The number of nitrogens with one attached hydrogen (secondary N) is 1. The van der Waals surface area contributed by atoms with E-state index in [0.29, 0.717) is 11.9 Å². The standard InChI is InChI=1S/C15H28N6/c1-3-21(4-2)15-19-13(16)18-14(20-15)17-11-10-12-8-6-5-7-9-12/h12H,3-11H2,1-2H3,(H3,16,17,18,19,20). The Hall–Kier alpha value is -1.59. The predicted octanol–water partition coefficient (Wildman–Crippen LogP) is 2.68. The molecule has 0 spiro atoms. The topological polar surface area (TPSA) is 80.0 Å². The van der Waals surface area contributed by atoms with E-state index in [1.54, 1.807) is 0 Å². The molecule has 6 nitrogen and oxygen atoms in total. The van der Waals surface area contributed by atoms with E-state index in [0.717, 1.165) is 25.6 Å². The van der Waals surface area contributed by atoms with E-state index in [1.165, 1.54) is 38.5 Å². The molecule has 0 saturated heterocycles. The highest BCUT2D eigenvalue weighted by Gasteiger charge is 2.14. The quantitative estimate of drug-likeness (QED) is 0.804. The van der Waals surface area contributed by atoms with Crippen molar-refractivity contribution in [2.45, 2.75) is 52.4 Å². The van der Waals surface area contributed by atoms with Crippen molar-refractivity contribution < 1.29 is 0 Å². The van der Waals surface area contributed by atoms with Crippen LogP contribution in [-0.4, -0.2) is 34.6 Å². The second kappa shape index (κ2) is 8.00. The van der Waals surface area contributed by atoms with Gasteiger partial charge in [-0.1, -0.05) is 32.1 Å². The molecule has 0 bridgehead atoms. The van der Waals surface area contributed by atoms with Crippen LogP contribution >= 0.6 is 0 Å². The maximum absolute atomic E-state index is 5.79. The Kier molecular flexibility index (Phi) is 6.02. The smallest absolute Gasteiger partial charge is 0.231 e. The minimum absolute atomic E-state index is 0.284. The summed E-state index contributed by atoms with van der Waals surface area (Å²) < 4.78 is 0. The molecule has 0 amide bonds. The van der Waals surface area contributed by atoms with Crippen molar-refractivity contribution in [2.24, 2.45) is 5.92 Å². The first kappa shape index (κ1) is 15.8. The van der Waals surface area contributed by atoms with Crippen LogP contribution in [0, 0.1) is 5.92 Å². The van der Waals surface area contributed by atoms with Crippen LogP contribution in [0.3, 0.4) is 0 Å². The predicted molar refractivity (Wildman–Crippen MR) is 87.5 cm³/mol. The van der Waals surface area contributed by atoms with Crippen LogP contribution in [0.25, 0.3) is 0 Å². The maximum atomic E-state index is 5.79. The molecule has 1 aromatic heterocycles. The van der Waals surface area contributed by atoms with Gasteiger partial charge in [-0.05, 0) is 26.2 Å². The van der Waals surface area contributed by atoms with Crippen LogP contribution in [0.1, 0.15) is 52.4 Å². The fourth-order valence-electron chi connectivity index (χ4n) is 2.97. The number of nitrogens with two attached hydrogens (primary N) is 1. The molecule has 118 valence electrons. The zero-order valence-electron chi connectivity index (χ0n) is 13.3. The molecule has 0 aliphatic heterocycles. The van der Waals surface area contributed by atoms with E-state index in [1.807, 2.05) is 0 Å². The van der Waals surface area contributed by atoms with Gasteiger partial charge in [-0.2, -0.15) is 15.0 Å². The summed E-state index contributed by atoms with van der Waals surface area (Å²) in [5.74, 6) is 2.40. The lowest BCUT2D eigenvalue weighted by atomic mass is 9.87. The molecule has 1 aromatic rings.